The van der Waals surface area contributed by atoms with Gasteiger partial charge in [0.25, 0.3) is 0 Å². The van der Waals surface area contributed by atoms with E-state index >= 15 is 0 Å². The highest BCUT2D eigenvalue weighted by Gasteiger charge is 2.33. The number of carbonyl (C=O) groups excluding carboxylic acids is 1. The minimum Gasteiger partial charge on any atom is -0.368 e. The predicted octanol–water partition coefficient (Wildman–Crippen LogP) is 3.18. The molecule has 2 atom stereocenters. The van der Waals surface area contributed by atoms with Gasteiger partial charge in [0, 0.05) is 37.9 Å². The zero-order chi connectivity index (χ0) is 22.7. The first-order valence-corrected chi connectivity index (χ1v) is 12.7. The van der Waals surface area contributed by atoms with Crippen LogP contribution in [0.15, 0.2) is 53.4 Å². The van der Waals surface area contributed by atoms with Crippen molar-refractivity contribution in [2.24, 2.45) is 5.92 Å². The molecule has 2 heterocycles. The number of para-hydroxylation sites is 1. The molecule has 0 bridgehead atoms. The van der Waals surface area contributed by atoms with Crippen LogP contribution >= 0.6 is 0 Å². The molecular formula is C24H30FN3O3S. The number of fused-ring (bicyclic) bond motifs is 1. The summed E-state index contributed by atoms with van der Waals surface area (Å²) < 4.78 is 40.2. The van der Waals surface area contributed by atoms with E-state index in [4.69, 9.17) is 0 Å². The number of sulfonamides is 1. The van der Waals surface area contributed by atoms with Gasteiger partial charge in [-0.3, -0.25) is 4.79 Å². The lowest BCUT2D eigenvalue weighted by atomic mass is 9.99. The van der Waals surface area contributed by atoms with Crippen molar-refractivity contribution in [2.45, 2.75) is 43.5 Å². The Hall–Kier alpha value is -2.45. The normalized spacial score (nSPS) is 21.4. The molecule has 0 aromatic heterocycles. The minimum absolute atomic E-state index is 0.0555. The van der Waals surface area contributed by atoms with Crippen LogP contribution < -0.4 is 10.2 Å². The quantitative estimate of drug-likeness (QED) is 0.646. The molecule has 1 amide bonds. The molecule has 32 heavy (non-hydrogen) atoms. The number of nitrogens with zero attached hydrogens (tertiary/aromatic N) is 2. The van der Waals surface area contributed by atoms with E-state index < -0.39 is 15.8 Å². The molecule has 2 aromatic rings. The highest BCUT2D eigenvalue weighted by atomic mass is 32.2. The predicted molar refractivity (Wildman–Crippen MR) is 122 cm³/mol. The zero-order valence-electron chi connectivity index (χ0n) is 18.3. The van der Waals surface area contributed by atoms with Gasteiger partial charge in [-0.2, -0.15) is 4.31 Å². The third kappa shape index (κ3) is 4.81. The van der Waals surface area contributed by atoms with Gasteiger partial charge in [0.2, 0.25) is 15.9 Å². The van der Waals surface area contributed by atoms with Crippen LogP contribution in [0.4, 0.5) is 10.1 Å². The Bertz CT molecular complexity index is 1060. The number of amides is 1. The highest BCUT2D eigenvalue weighted by molar-refractivity contribution is 7.89. The van der Waals surface area contributed by atoms with Gasteiger partial charge in [0.1, 0.15) is 5.82 Å². The number of hydrogen-bond acceptors (Lipinski definition) is 4. The van der Waals surface area contributed by atoms with Crippen molar-refractivity contribution in [3.05, 3.63) is 59.9 Å². The molecule has 172 valence electrons. The largest absolute Gasteiger partial charge is 0.368 e. The van der Waals surface area contributed by atoms with E-state index in [1.165, 1.54) is 27.7 Å². The van der Waals surface area contributed by atoms with Crippen molar-refractivity contribution < 1.29 is 17.6 Å². The molecular weight excluding hydrogens is 429 g/mol. The van der Waals surface area contributed by atoms with Gasteiger partial charge in [-0.25, -0.2) is 12.8 Å². The SMILES string of the molecule is C[C@H]1Cc2ccccc2N1CCCNC(=O)[C@@H]1CCCN(S(=O)(=O)c2ccc(F)cc2)C1. The summed E-state index contributed by atoms with van der Waals surface area (Å²) in [6, 6.07) is 13.7. The fraction of sp³-hybridized carbons (Fsp3) is 0.458. The molecule has 1 saturated heterocycles. The van der Waals surface area contributed by atoms with Crippen LogP contribution in [0.1, 0.15) is 31.7 Å². The Labute approximate surface area is 189 Å². The molecule has 1 fully saturated rings. The van der Waals surface area contributed by atoms with Crippen LogP contribution in [0.3, 0.4) is 0 Å². The summed E-state index contributed by atoms with van der Waals surface area (Å²) in [6.07, 6.45) is 3.16. The number of hydrogen-bond donors (Lipinski definition) is 1. The Kier molecular flexibility index (Phi) is 6.81. The summed E-state index contributed by atoms with van der Waals surface area (Å²) in [7, 11) is -3.74. The van der Waals surface area contributed by atoms with Gasteiger partial charge in [-0.05, 0) is 68.5 Å². The molecule has 0 unspecified atom stereocenters. The summed E-state index contributed by atoms with van der Waals surface area (Å²) in [5.74, 6) is -0.948. The van der Waals surface area contributed by atoms with Crippen molar-refractivity contribution >= 4 is 21.6 Å². The second-order valence-corrected chi connectivity index (χ2v) is 10.6. The van der Waals surface area contributed by atoms with E-state index in [1.54, 1.807) is 0 Å². The number of carbonyl (C=O) groups is 1. The smallest absolute Gasteiger partial charge is 0.243 e. The summed E-state index contributed by atoms with van der Waals surface area (Å²) in [5, 5.41) is 3.00. The summed E-state index contributed by atoms with van der Waals surface area (Å²) in [6.45, 7) is 4.17. The molecule has 0 radical (unpaired) electrons. The Morgan fingerprint density at radius 3 is 2.69 bits per heavy atom. The van der Waals surface area contributed by atoms with Crippen LogP contribution in [-0.4, -0.2) is 50.9 Å². The Morgan fingerprint density at radius 1 is 1.16 bits per heavy atom. The molecule has 2 aliphatic heterocycles. The second kappa shape index (κ2) is 9.58. The fourth-order valence-electron chi connectivity index (χ4n) is 4.71. The lowest BCUT2D eigenvalue weighted by Crippen LogP contribution is -2.45. The third-order valence-electron chi connectivity index (χ3n) is 6.43. The van der Waals surface area contributed by atoms with Crippen molar-refractivity contribution in [2.75, 3.05) is 31.1 Å². The zero-order valence-corrected chi connectivity index (χ0v) is 19.2. The number of anilines is 1. The molecule has 0 spiro atoms. The average molecular weight is 460 g/mol. The van der Waals surface area contributed by atoms with Crippen LogP contribution in [0.5, 0.6) is 0 Å². The standard InChI is InChI=1S/C24H30FN3O3S/c1-18-16-19-6-2-3-8-23(19)28(18)15-5-13-26-24(29)20-7-4-14-27(17-20)32(30,31)22-11-9-21(25)10-12-22/h2-3,6,8-12,18,20H,4-5,7,13-17H2,1H3,(H,26,29)/t18-,20+/m0/s1. The molecule has 4 rings (SSSR count). The maximum absolute atomic E-state index is 13.2. The Balaban J connectivity index is 1.28. The number of rotatable bonds is 7. The molecule has 0 saturated carbocycles. The summed E-state index contributed by atoms with van der Waals surface area (Å²) >= 11 is 0. The molecule has 8 heteroatoms. The second-order valence-electron chi connectivity index (χ2n) is 8.68. The number of piperidine rings is 1. The summed E-state index contributed by atoms with van der Waals surface area (Å²) in [4.78, 5) is 15.2. The molecule has 2 aliphatic rings. The maximum Gasteiger partial charge on any atom is 0.243 e. The van der Waals surface area contributed by atoms with Gasteiger partial charge < -0.3 is 10.2 Å². The molecule has 0 aliphatic carbocycles. The average Bonchev–Trinajstić information content (AvgIpc) is 3.12. The van der Waals surface area contributed by atoms with Crippen LogP contribution in [0.2, 0.25) is 0 Å². The van der Waals surface area contributed by atoms with E-state index in [-0.39, 0.29) is 23.3 Å². The minimum atomic E-state index is -3.74. The third-order valence-corrected chi connectivity index (χ3v) is 8.31. The molecule has 6 nitrogen and oxygen atoms in total. The molecule has 1 N–H and O–H groups in total. The van der Waals surface area contributed by atoms with Crippen molar-refractivity contribution in [3.63, 3.8) is 0 Å². The fourth-order valence-corrected chi connectivity index (χ4v) is 6.23. The first-order chi connectivity index (χ1) is 15.4. The van der Waals surface area contributed by atoms with Gasteiger partial charge in [0.15, 0.2) is 0 Å². The number of nitrogens with one attached hydrogen (secondary N) is 1. The van der Waals surface area contributed by atoms with Crippen LogP contribution in [-0.2, 0) is 21.2 Å². The van der Waals surface area contributed by atoms with Crippen LogP contribution in [0, 0.1) is 11.7 Å². The van der Waals surface area contributed by atoms with E-state index in [0.29, 0.717) is 32.0 Å². The number of benzene rings is 2. The van der Waals surface area contributed by atoms with Crippen molar-refractivity contribution in [1.29, 1.82) is 0 Å². The van der Waals surface area contributed by atoms with Crippen LogP contribution in [0.25, 0.3) is 0 Å². The van der Waals surface area contributed by atoms with Gasteiger partial charge in [0.05, 0.1) is 10.8 Å². The van der Waals surface area contributed by atoms with E-state index in [9.17, 15) is 17.6 Å². The van der Waals surface area contributed by atoms with Gasteiger partial charge in [-0.1, -0.05) is 18.2 Å². The van der Waals surface area contributed by atoms with E-state index in [2.05, 4.69) is 41.4 Å². The van der Waals surface area contributed by atoms with Gasteiger partial charge >= 0.3 is 0 Å². The summed E-state index contributed by atoms with van der Waals surface area (Å²) in [5.41, 5.74) is 2.65. The number of halogens is 1. The lowest BCUT2D eigenvalue weighted by Gasteiger charge is -2.31. The first kappa shape index (κ1) is 22.7. The lowest BCUT2D eigenvalue weighted by molar-refractivity contribution is -0.126. The van der Waals surface area contributed by atoms with Gasteiger partial charge in [-0.15, -0.1) is 0 Å². The first-order valence-electron chi connectivity index (χ1n) is 11.2. The monoisotopic (exact) mass is 459 g/mol. The van der Waals surface area contributed by atoms with E-state index in [1.807, 2.05) is 0 Å². The molecule has 2 aromatic carbocycles. The maximum atomic E-state index is 13.2. The highest BCUT2D eigenvalue weighted by Crippen LogP contribution is 2.31. The van der Waals surface area contributed by atoms with E-state index in [0.717, 1.165) is 31.5 Å². The topological polar surface area (TPSA) is 69.7 Å². The van der Waals surface area contributed by atoms with Crippen molar-refractivity contribution in [3.8, 4) is 0 Å². The Morgan fingerprint density at radius 2 is 1.91 bits per heavy atom. The van der Waals surface area contributed by atoms with Crippen molar-refractivity contribution in [1.82, 2.24) is 9.62 Å².